The molecular formula is C13H16BrN3O4S. The van der Waals surface area contributed by atoms with Crippen LogP contribution < -0.4 is 5.73 Å². The van der Waals surface area contributed by atoms with Gasteiger partial charge in [-0.3, -0.25) is 4.79 Å². The van der Waals surface area contributed by atoms with Crippen molar-refractivity contribution in [2.24, 2.45) is 10.9 Å². The number of nitrogens with two attached hydrogens (primary N) is 1. The van der Waals surface area contributed by atoms with Crippen molar-refractivity contribution in [2.45, 2.75) is 24.3 Å². The molecule has 1 aromatic carbocycles. The molecule has 1 unspecified atom stereocenters. The molecule has 2 rings (SSSR count). The number of rotatable bonds is 5. The van der Waals surface area contributed by atoms with Gasteiger partial charge in [0, 0.05) is 6.42 Å². The third-order valence-electron chi connectivity index (χ3n) is 3.18. The largest absolute Gasteiger partial charge is 0.389 e. The summed E-state index contributed by atoms with van der Waals surface area (Å²) in [6.45, 7) is 1.13. The summed E-state index contributed by atoms with van der Waals surface area (Å²) in [5.41, 5.74) is 5.91. The number of amides is 1. The van der Waals surface area contributed by atoms with Crippen LogP contribution in [0.2, 0.25) is 0 Å². The van der Waals surface area contributed by atoms with Gasteiger partial charge in [0.25, 0.3) is 10.0 Å². The van der Waals surface area contributed by atoms with E-state index in [1.807, 2.05) is 0 Å². The van der Waals surface area contributed by atoms with Crippen LogP contribution in [-0.4, -0.2) is 42.4 Å². The van der Waals surface area contributed by atoms with Crippen molar-refractivity contribution in [2.75, 3.05) is 13.1 Å². The van der Waals surface area contributed by atoms with E-state index in [9.17, 15) is 13.2 Å². The highest BCUT2D eigenvalue weighted by molar-refractivity contribution is 9.18. The summed E-state index contributed by atoms with van der Waals surface area (Å²) in [6, 6.07) is 6.47. The number of aryl methyl sites for hydroxylation is 1. The number of carbonyl (C=O) groups is 1. The molecule has 7 nitrogen and oxygen atoms in total. The van der Waals surface area contributed by atoms with Crippen LogP contribution in [0.1, 0.15) is 12.0 Å². The van der Waals surface area contributed by atoms with Crippen LogP contribution in [0.3, 0.4) is 0 Å². The third-order valence-corrected chi connectivity index (χ3v) is 5.60. The third kappa shape index (κ3) is 3.47. The first-order valence-corrected chi connectivity index (χ1v) is 8.79. The molecule has 120 valence electrons. The van der Waals surface area contributed by atoms with E-state index in [0.29, 0.717) is 16.6 Å². The predicted molar refractivity (Wildman–Crippen MR) is 85.0 cm³/mol. The van der Waals surface area contributed by atoms with Gasteiger partial charge in [-0.1, -0.05) is 23.4 Å². The lowest BCUT2D eigenvalue weighted by atomic mass is 10.2. The van der Waals surface area contributed by atoms with Gasteiger partial charge in [0.2, 0.25) is 5.91 Å². The van der Waals surface area contributed by atoms with E-state index >= 15 is 0 Å². The van der Waals surface area contributed by atoms with Crippen molar-refractivity contribution in [1.82, 2.24) is 4.31 Å². The monoisotopic (exact) mass is 389 g/mol. The number of hydrogen-bond donors (Lipinski definition) is 1. The Morgan fingerprint density at radius 3 is 2.73 bits per heavy atom. The average molecular weight is 390 g/mol. The molecule has 1 aliphatic rings. The molecule has 0 fully saturated rings. The number of sulfonamides is 1. The van der Waals surface area contributed by atoms with Crippen LogP contribution in [0.5, 0.6) is 0 Å². The molecule has 1 atom stereocenters. The fourth-order valence-electron chi connectivity index (χ4n) is 2.08. The van der Waals surface area contributed by atoms with E-state index in [4.69, 9.17) is 10.6 Å². The molecule has 0 bridgehead atoms. The Morgan fingerprint density at radius 1 is 1.50 bits per heavy atom. The molecule has 2 N–H and O–H groups in total. The molecular weight excluding hydrogens is 374 g/mol. The number of halogens is 1. The van der Waals surface area contributed by atoms with Gasteiger partial charge >= 0.3 is 0 Å². The molecule has 1 amide bonds. The molecule has 0 radical (unpaired) electrons. The summed E-state index contributed by atoms with van der Waals surface area (Å²) in [6.07, 6.45) is -0.124. The molecule has 0 aliphatic carbocycles. The summed E-state index contributed by atoms with van der Waals surface area (Å²) < 4.78 is 26.9. The molecule has 1 aromatic rings. The summed E-state index contributed by atoms with van der Waals surface area (Å²) in [5.74, 6) is -0.685. The second-order valence-corrected chi connectivity index (χ2v) is 7.54. The van der Waals surface area contributed by atoms with E-state index < -0.39 is 28.6 Å². The Kier molecular flexibility index (Phi) is 5.20. The van der Waals surface area contributed by atoms with Crippen LogP contribution in [0.4, 0.5) is 0 Å². The second-order valence-electron chi connectivity index (χ2n) is 4.80. The zero-order chi connectivity index (χ0) is 16.3. The van der Waals surface area contributed by atoms with Crippen LogP contribution in [0.25, 0.3) is 0 Å². The molecule has 0 spiro atoms. The predicted octanol–water partition coefficient (Wildman–Crippen LogP) is 0.968. The van der Waals surface area contributed by atoms with Crippen molar-refractivity contribution in [3.05, 3.63) is 29.8 Å². The SMILES string of the molecule is Cc1ccccc1S(=O)(=O)N(CC1CC(Br)=NO1)C(=O)CN. The van der Waals surface area contributed by atoms with Gasteiger partial charge in [0.05, 0.1) is 18.0 Å². The molecule has 0 saturated heterocycles. The van der Waals surface area contributed by atoms with Gasteiger partial charge in [0.15, 0.2) is 6.10 Å². The van der Waals surface area contributed by atoms with Gasteiger partial charge in [0.1, 0.15) is 4.62 Å². The number of oxime groups is 1. The summed E-state index contributed by atoms with van der Waals surface area (Å²) in [7, 11) is -3.99. The van der Waals surface area contributed by atoms with E-state index in [0.717, 1.165) is 4.31 Å². The minimum atomic E-state index is -3.99. The van der Waals surface area contributed by atoms with Crippen molar-refractivity contribution in [1.29, 1.82) is 0 Å². The number of carbonyl (C=O) groups excluding carboxylic acids is 1. The molecule has 1 heterocycles. The zero-order valence-electron chi connectivity index (χ0n) is 11.9. The average Bonchev–Trinajstić information content (AvgIpc) is 2.89. The summed E-state index contributed by atoms with van der Waals surface area (Å²) in [5, 5.41) is 3.70. The van der Waals surface area contributed by atoms with Gasteiger partial charge in [-0.05, 0) is 34.5 Å². The van der Waals surface area contributed by atoms with Crippen molar-refractivity contribution >= 4 is 36.5 Å². The van der Waals surface area contributed by atoms with Crippen molar-refractivity contribution in [3.63, 3.8) is 0 Å². The van der Waals surface area contributed by atoms with Gasteiger partial charge in [-0.15, -0.1) is 0 Å². The highest BCUT2D eigenvalue weighted by atomic mass is 79.9. The highest BCUT2D eigenvalue weighted by Gasteiger charge is 2.34. The molecule has 9 heteroatoms. The van der Waals surface area contributed by atoms with Crippen LogP contribution in [0.15, 0.2) is 34.3 Å². The second kappa shape index (κ2) is 6.76. The fourth-order valence-corrected chi connectivity index (χ4v) is 4.19. The zero-order valence-corrected chi connectivity index (χ0v) is 14.3. The number of nitrogens with zero attached hydrogens (tertiary/aromatic N) is 2. The first-order valence-electron chi connectivity index (χ1n) is 6.55. The van der Waals surface area contributed by atoms with Gasteiger partial charge in [-0.2, -0.15) is 0 Å². The Bertz CT molecular complexity index is 705. The molecule has 1 aliphatic heterocycles. The number of hydrogen-bond acceptors (Lipinski definition) is 6. The van der Waals surface area contributed by atoms with Crippen LogP contribution in [0, 0.1) is 6.92 Å². The molecule has 0 saturated carbocycles. The minimum absolute atomic E-state index is 0.0785. The Labute approximate surface area is 137 Å². The Hall–Kier alpha value is -1.45. The van der Waals surface area contributed by atoms with Gasteiger partial charge < -0.3 is 10.6 Å². The van der Waals surface area contributed by atoms with Crippen molar-refractivity contribution < 1.29 is 18.0 Å². The maximum absolute atomic E-state index is 12.8. The fraction of sp³-hybridized carbons (Fsp3) is 0.385. The first-order chi connectivity index (χ1) is 10.4. The Morgan fingerprint density at radius 2 is 2.18 bits per heavy atom. The lowest BCUT2D eigenvalue weighted by Crippen LogP contribution is -2.44. The Balaban J connectivity index is 2.32. The lowest BCUT2D eigenvalue weighted by Gasteiger charge is -2.24. The molecule has 0 aromatic heterocycles. The maximum Gasteiger partial charge on any atom is 0.266 e. The smallest absolute Gasteiger partial charge is 0.266 e. The highest BCUT2D eigenvalue weighted by Crippen LogP contribution is 2.23. The maximum atomic E-state index is 12.8. The van der Waals surface area contributed by atoms with E-state index in [1.54, 1.807) is 25.1 Å². The quantitative estimate of drug-likeness (QED) is 0.807. The minimum Gasteiger partial charge on any atom is -0.389 e. The van der Waals surface area contributed by atoms with E-state index in [2.05, 4.69) is 21.1 Å². The lowest BCUT2D eigenvalue weighted by molar-refractivity contribution is -0.126. The molecule has 22 heavy (non-hydrogen) atoms. The van der Waals surface area contributed by atoms with Gasteiger partial charge in [-0.25, -0.2) is 12.7 Å². The van der Waals surface area contributed by atoms with E-state index in [1.165, 1.54) is 6.07 Å². The number of benzene rings is 1. The first kappa shape index (κ1) is 16.9. The van der Waals surface area contributed by atoms with Crippen LogP contribution >= 0.6 is 15.9 Å². The standard InChI is InChI=1S/C13H16BrN3O4S/c1-9-4-2-3-5-11(9)22(19,20)17(13(18)7-15)8-10-6-12(14)16-21-10/h2-5,10H,6-8,15H2,1H3. The summed E-state index contributed by atoms with van der Waals surface area (Å²) in [4.78, 5) is 17.2. The van der Waals surface area contributed by atoms with Crippen LogP contribution in [-0.2, 0) is 19.7 Å². The normalized spacial score (nSPS) is 17.8. The van der Waals surface area contributed by atoms with E-state index in [-0.39, 0.29) is 11.4 Å². The topological polar surface area (TPSA) is 102 Å². The van der Waals surface area contributed by atoms with Crippen molar-refractivity contribution in [3.8, 4) is 0 Å². The summed E-state index contributed by atoms with van der Waals surface area (Å²) >= 11 is 3.18.